The maximum atomic E-state index is 13.5. The van der Waals surface area contributed by atoms with Crippen LogP contribution in [0.25, 0.3) is 10.8 Å². The van der Waals surface area contributed by atoms with Gasteiger partial charge in [0.2, 0.25) is 5.91 Å². The van der Waals surface area contributed by atoms with Crippen molar-refractivity contribution in [2.24, 2.45) is 0 Å². The fourth-order valence-electron chi connectivity index (χ4n) is 2.58. The molecule has 3 rings (SSSR count). The van der Waals surface area contributed by atoms with Crippen molar-refractivity contribution in [1.29, 1.82) is 0 Å². The Balaban J connectivity index is 1.49. The van der Waals surface area contributed by atoms with Crippen molar-refractivity contribution in [2.75, 3.05) is 12.3 Å². The number of amides is 1. The van der Waals surface area contributed by atoms with Crippen LogP contribution < -0.4 is 10.9 Å². The number of H-pyrrole nitrogens is 1. The summed E-state index contributed by atoms with van der Waals surface area (Å²) in [5.41, 5.74) is 0.929. The van der Waals surface area contributed by atoms with Crippen molar-refractivity contribution in [2.45, 2.75) is 12.2 Å². The van der Waals surface area contributed by atoms with E-state index in [1.54, 1.807) is 42.1 Å². The Morgan fingerprint density at radius 2 is 1.85 bits per heavy atom. The predicted molar refractivity (Wildman–Crippen MR) is 102 cm³/mol. The van der Waals surface area contributed by atoms with Gasteiger partial charge in [0.05, 0.1) is 17.5 Å². The maximum Gasteiger partial charge on any atom is 0.272 e. The third kappa shape index (κ3) is 4.49. The molecule has 0 radical (unpaired) electrons. The molecular formula is C19H18FN3O2S. The molecule has 0 fully saturated rings. The summed E-state index contributed by atoms with van der Waals surface area (Å²) >= 11 is 1.56. The van der Waals surface area contributed by atoms with Crippen LogP contribution in [-0.4, -0.2) is 28.4 Å². The quantitative estimate of drug-likeness (QED) is 0.626. The summed E-state index contributed by atoms with van der Waals surface area (Å²) in [4.78, 5) is 23.9. The molecule has 7 heteroatoms. The number of carbonyl (C=O) groups is 1. The number of aromatic nitrogens is 2. The molecule has 0 aliphatic heterocycles. The molecule has 0 spiro atoms. The summed E-state index contributed by atoms with van der Waals surface area (Å²) < 4.78 is 13.5. The molecule has 0 aliphatic carbocycles. The van der Waals surface area contributed by atoms with E-state index in [2.05, 4.69) is 15.5 Å². The second-order valence-corrected chi connectivity index (χ2v) is 6.82. The molecule has 1 aromatic heterocycles. The smallest absolute Gasteiger partial charge is 0.272 e. The molecule has 0 saturated carbocycles. The van der Waals surface area contributed by atoms with Crippen LogP contribution in [0.2, 0.25) is 0 Å². The number of rotatable bonds is 7. The first-order chi connectivity index (χ1) is 12.6. The van der Waals surface area contributed by atoms with E-state index in [-0.39, 0.29) is 23.7 Å². The van der Waals surface area contributed by atoms with E-state index in [9.17, 15) is 14.0 Å². The first-order valence-electron chi connectivity index (χ1n) is 8.19. The second kappa shape index (κ2) is 8.62. The number of aromatic amines is 1. The molecule has 0 atom stereocenters. The monoisotopic (exact) mass is 371 g/mol. The average Bonchev–Trinajstić information content (AvgIpc) is 2.65. The van der Waals surface area contributed by atoms with Gasteiger partial charge in [-0.05, 0) is 17.7 Å². The van der Waals surface area contributed by atoms with Gasteiger partial charge in [-0.1, -0.05) is 36.4 Å². The van der Waals surface area contributed by atoms with Crippen molar-refractivity contribution in [3.63, 3.8) is 0 Å². The fourth-order valence-corrected chi connectivity index (χ4v) is 3.43. The van der Waals surface area contributed by atoms with E-state index in [1.807, 2.05) is 12.1 Å². The number of benzene rings is 2. The van der Waals surface area contributed by atoms with E-state index >= 15 is 0 Å². The molecule has 1 amide bonds. The van der Waals surface area contributed by atoms with Crippen LogP contribution in [0.1, 0.15) is 11.3 Å². The van der Waals surface area contributed by atoms with Crippen molar-refractivity contribution < 1.29 is 9.18 Å². The van der Waals surface area contributed by atoms with Crippen LogP contribution in [-0.2, 0) is 17.0 Å². The van der Waals surface area contributed by atoms with Crippen LogP contribution in [0.4, 0.5) is 4.39 Å². The van der Waals surface area contributed by atoms with E-state index < -0.39 is 0 Å². The molecule has 0 bridgehead atoms. The standard InChI is InChI=1S/C19H18FN3O2S/c20-16-8-4-1-5-13(16)12-26-10-9-21-18(24)11-17-14-6-2-3-7-15(14)19(25)23-22-17/h1-8H,9-12H2,(H,21,24)(H,23,25). The van der Waals surface area contributed by atoms with Gasteiger partial charge in [-0.2, -0.15) is 16.9 Å². The first-order valence-corrected chi connectivity index (χ1v) is 9.35. The SMILES string of the molecule is O=C(Cc1n[nH]c(=O)c2ccccc12)NCCSCc1ccccc1F. The van der Waals surface area contributed by atoms with Gasteiger partial charge in [0, 0.05) is 23.4 Å². The Morgan fingerprint density at radius 1 is 1.12 bits per heavy atom. The van der Waals surface area contributed by atoms with Gasteiger partial charge < -0.3 is 5.32 Å². The highest BCUT2D eigenvalue weighted by Gasteiger charge is 2.10. The average molecular weight is 371 g/mol. The summed E-state index contributed by atoms with van der Waals surface area (Å²) in [5, 5.41) is 10.4. The maximum absolute atomic E-state index is 13.5. The highest BCUT2D eigenvalue weighted by Crippen LogP contribution is 2.15. The number of carbonyl (C=O) groups excluding carboxylic acids is 1. The zero-order chi connectivity index (χ0) is 18.4. The first kappa shape index (κ1) is 18.1. The van der Waals surface area contributed by atoms with E-state index in [0.29, 0.717) is 40.1 Å². The molecule has 3 aromatic rings. The van der Waals surface area contributed by atoms with Crippen molar-refractivity contribution in [3.05, 3.63) is 76.0 Å². The largest absolute Gasteiger partial charge is 0.355 e. The van der Waals surface area contributed by atoms with E-state index in [0.717, 1.165) is 0 Å². The summed E-state index contributed by atoms with van der Waals surface area (Å²) in [7, 11) is 0. The topological polar surface area (TPSA) is 74.8 Å². The molecule has 1 heterocycles. The second-order valence-electron chi connectivity index (χ2n) is 5.72. The Labute approximate surface area is 154 Å². The highest BCUT2D eigenvalue weighted by atomic mass is 32.2. The zero-order valence-corrected chi connectivity index (χ0v) is 14.8. The summed E-state index contributed by atoms with van der Waals surface area (Å²) in [5.74, 6) is 0.871. The number of thioether (sulfide) groups is 1. The van der Waals surface area contributed by atoms with E-state index in [4.69, 9.17) is 0 Å². The number of nitrogens with zero attached hydrogens (tertiary/aromatic N) is 1. The number of nitrogens with one attached hydrogen (secondary N) is 2. The molecule has 0 aliphatic rings. The van der Waals surface area contributed by atoms with Crippen LogP contribution in [0.5, 0.6) is 0 Å². The molecule has 0 unspecified atom stereocenters. The number of halogens is 1. The van der Waals surface area contributed by atoms with Crippen LogP contribution >= 0.6 is 11.8 Å². The van der Waals surface area contributed by atoms with Crippen molar-refractivity contribution in [3.8, 4) is 0 Å². The number of hydrogen-bond acceptors (Lipinski definition) is 4. The minimum atomic E-state index is -0.269. The minimum Gasteiger partial charge on any atom is -0.355 e. The molecular weight excluding hydrogens is 353 g/mol. The normalized spacial score (nSPS) is 10.8. The lowest BCUT2D eigenvalue weighted by molar-refractivity contribution is -0.120. The molecule has 2 aromatic carbocycles. The predicted octanol–water partition coefficient (Wildman–Crippen LogP) is 2.65. The molecule has 26 heavy (non-hydrogen) atoms. The summed E-state index contributed by atoms with van der Waals surface area (Å²) in [6, 6.07) is 13.7. The zero-order valence-electron chi connectivity index (χ0n) is 14.0. The molecule has 5 nitrogen and oxygen atoms in total. The van der Waals surface area contributed by atoms with Crippen molar-refractivity contribution >= 4 is 28.4 Å². The molecule has 2 N–H and O–H groups in total. The van der Waals surface area contributed by atoms with Gasteiger partial charge >= 0.3 is 0 Å². The van der Waals surface area contributed by atoms with Crippen LogP contribution in [0.15, 0.2) is 53.3 Å². The fraction of sp³-hybridized carbons (Fsp3) is 0.211. The van der Waals surface area contributed by atoms with Crippen LogP contribution in [0, 0.1) is 5.82 Å². The Bertz CT molecular complexity index is 974. The lowest BCUT2D eigenvalue weighted by Crippen LogP contribution is -2.28. The highest BCUT2D eigenvalue weighted by molar-refractivity contribution is 7.98. The van der Waals surface area contributed by atoms with E-state index in [1.165, 1.54) is 6.07 Å². The Kier molecular flexibility index (Phi) is 6.01. The van der Waals surface area contributed by atoms with Gasteiger partial charge in [0.1, 0.15) is 5.82 Å². The van der Waals surface area contributed by atoms with Crippen molar-refractivity contribution in [1.82, 2.24) is 15.5 Å². The van der Waals surface area contributed by atoms with Gasteiger partial charge in [0.15, 0.2) is 0 Å². The van der Waals surface area contributed by atoms with Gasteiger partial charge in [-0.15, -0.1) is 0 Å². The third-order valence-electron chi connectivity index (χ3n) is 3.89. The summed E-state index contributed by atoms with van der Waals surface area (Å²) in [6.07, 6.45) is 0.0925. The summed E-state index contributed by atoms with van der Waals surface area (Å²) in [6.45, 7) is 0.485. The molecule has 134 valence electrons. The number of hydrogen-bond donors (Lipinski definition) is 2. The molecule has 0 saturated heterocycles. The lowest BCUT2D eigenvalue weighted by atomic mass is 10.1. The lowest BCUT2D eigenvalue weighted by Gasteiger charge is -2.07. The van der Waals surface area contributed by atoms with Gasteiger partial charge in [-0.3, -0.25) is 9.59 Å². The number of fused-ring (bicyclic) bond motifs is 1. The van der Waals surface area contributed by atoms with Gasteiger partial charge in [-0.25, -0.2) is 9.49 Å². The minimum absolute atomic E-state index is 0.0925. The van der Waals surface area contributed by atoms with Crippen LogP contribution in [0.3, 0.4) is 0 Å². The van der Waals surface area contributed by atoms with Gasteiger partial charge in [0.25, 0.3) is 5.56 Å². The Hall–Kier alpha value is -2.67. The third-order valence-corrected chi connectivity index (χ3v) is 4.89. The Morgan fingerprint density at radius 3 is 2.65 bits per heavy atom.